The van der Waals surface area contributed by atoms with Gasteiger partial charge in [-0.3, -0.25) is 4.79 Å². The van der Waals surface area contributed by atoms with E-state index in [1.54, 1.807) is 0 Å². The molecule has 4 N–H and O–H groups in total. The first-order chi connectivity index (χ1) is 8.11. The average Bonchev–Trinajstić information content (AvgIpc) is 2.29. The van der Waals surface area contributed by atoms with Gasteiger partial charge >= 0.3 is 5.97 Å². The molecule has 0 saturated heterocycles. The van der Waals surface area contributed by atoms with Crippen LogP contribution in [0.1, 0.15) is 32.7 Å². The SMILES string of the molecule is NCCC#Cc1c(C(=O)O)ccc(O)c1C=O. The van der Waals surface area contributed by atoms with Gasteiger partial charge in [-0.25, -0.2) is 4.79 Å². The van der Waals surface area contributed by atoms with Gasteiger partial charge in [0.05, 0.1) is 16.7 Å². The number of hydrogen-bond donors (Lipinski definition) is 3. The Morgan fingerprint density at radius 3 is 2.71 bits per heavy atom. The van der Waals surface area contributed by atoms with Gasteiger partial charge in [-0.2, -0.15) is 0 Å². The van der Waals surface area contributed by atoms with Gasteiger partial charge in [0.2, 0.25) is 0 Å². The number of aromatic hydroxyl groups is 1. The van der Waals surface area contributed by atoms with Crippen molar-refractivity contribution in [2.45, 2.75) is 6.42 Å². The molecular formula is C12H11NO4. The van der Waals surface area contributed by atoms with Crippen LogP contribution in [0.25, 0.3) is 0 Å². The highest BCUT2D eigenvalue weighted by atomic mass is 16.4. The molecule has 0 aliphatic heterocycles. The maximum atomic E-state index is 10.9. The van der Waals surface area contributed by atoms with E-state index in [1.165, 1.54) is 6.07 Å². The summed E-state index contributed by atoms with van der Waals surface area (Å²) in [6.45, 7) is 0.338. The lowest BCUT2D eigenvalue weighted by atomic mass is 10.0. The summed E-state index contributed by atoms with van der Waals surface area (Å²) in [5.74, 6) is 3.70. The molecule has 0 heterocycles. The molecule has 17 heavy (non-hydrogen) atoms. The lowest BCUT2D eigenvalue weighted by molar-refractivity contribution is 0.0696. The molecule has 0 aromatic heterocycles. The second-order valence-electron chi connectivity index (χ2n) is 3.18. The maximum absolute atomic E-state index is 10.9. The Bertz CT molecular complexity index is 511. The molecule has 0 bridgehead atoms. The van der Waals surface area contributed by atoms with Crippen molar-refractivity contribution < 1.29 is 19.8 Å². The standard InChI is InChI=1S/C12H11NO4/c13-6-2-1-3-8-9(12(16)17)4-5-11(15)10(8)7-14/h4-5,7,15H,2,6,13H2,(H,16,17). The summed E-state index contributed by atoms with van der Waals surface area (Å²) >= 11 is 0. The number of aromatic carboxylic acids is 1. The Morgan fingerprint density at radius 2 is 2.18 bits per heavy atom. The Morgan fingerprint density at radius 1 is 1.47 bits per heavy atom. The number of hydrogen-bond acceptors (Lipinski definition) is 4. The van der Waals surface area contributed by atoms with Crippen LogP contribution in [-0.4, -0.2) is 29.0 Å². The first-order valence-electron chi connectivity index (χ1n) is 4.85. The number of nitrogens with two attached hydrogens (primary N) is 1. The van der Waals surface area contributed by atoms with Crippen LogP contribution >= 0.6 is 0 Å². The Kier molecular flexibility index (Phi) is 4.26. The van der Waals surface area contributed by atoms with Crippen LogP contribution in [0.4, 0.5) is 0 Å². The van der Waals surface area contributed by atoms with E-state index in [4.69, 9.17) is 10.8 Å². The highest BCUT2D eigenvalue weighted by Crippen LogP contribution is 2.22. The monoisotopic (exact) mass is 233 g/mol. The van der Waals surface area contributed by atoms with Gasteiger partial charge in [0.15, 0.2) is 6.29 Å². The maximum Gasteiger partial charge on any atom is 0.336 e. The van der Waals surface area contributed by atoms with Crippen molar-refractivity contribution in [3.8, 4) is 17.6 Å². The smallest absolute Gasteiger partial charge is 0.336 e. The average molecular weight is 233 g/mol. The van der Waals surface area contributed by atoms with Gasteiger partial charge in [-0.1, -0.05) is 11.8 Å². The van der Waals surface area contributed by atoms with Crippen LogP contribution in [-0.2, 0) is 0 Å². The van der Waals surface area contributed by atoms with E-state index in [-0.39, 0.29) is 22.4 Å². The van der Waals surface area contributed by atoms with Crippen molar-refractivity contribution in [2.24, 2.45) is 5.73 Å². The van der Waals surface area contributed by atoms with Crippen LogP contribution in [0.15, 0.2) is 12.1 Å². The van der Waals surface area contributed by atoms with Gasteiger partial charge < -0.3 is 15.9 Å². The molecule has 1 aromatic carbocycles. The zero-order chi connectivity index (χ0) is 12.8. The van der Waals surface area contributed by atoms with Gasteiger partial charge in [0.25, 0.3) is 0 Å². The third kappa shape index (κ3) is 2.83. The largest absolute Gasteiger partial charge is 0.507 e. The fourth-order valence-corrected chi connectivity index (χ4v) is 1.26. The molecule has 0 unspecified atom stereocenters. The van der Waals surface area contributed by atoms with E-state index in [1.807, 2.05) is 0 Å². The Labute approximate surface area is 97.9 Å². The van der Waals surface area contributed by atoms with Crippen LogP contribution in [0.5, 0.6) is 5.75 Å². The van der Waals surface area contributed by atoms with Gasteiger partial charge in [0, 0.05) is 13.0 Å². The zero-order valence-electron chi connectivity index (χ0n) is 8.93. The summed E-state index contributed by atoms with van der Waals surface area (Å²) in [6.07, 6.45) is 0.765. The molecule has 0 fully saturated rings. The second kappa shape index (κ2) is 5.68. The summed E-state index contributed by atoms with van der Waals surface area (Å²) in [4.78, 5) is 21.8. The van der Waals surface area contributed by atoms with Crippen molar-refractivity contribution in [1.29, 1.82) is 0 Å². The number of rotatable bonds is 3. The predicted molar refractivity (Wildman–Crippen MR) is 61.0 cm³/mol. The lowest BCUT2D eigenvalue weighted by Crippen LogP contribution is -2.03. The third-order valence-corrected chi connectivity index (χ3v) is 2.05. The summed E-state index contributed by atoms with van der Waals surface area (Å²) in [5.41, 5.74) is 5.04. The van der Waals surface area contributed by atoms with Crippen molar-refractivity contribution in [3.05, 3.63) is 28.8 Å². The molecule has 0 aliphatic carbocycles. The van der Waals surface area contributed by atoms with Crippen LogP contribution in [0.3, 0.4) is 0 Å². The van der Waals surface area contributed by atoms with Crippen molar-refractivity contribution in [3.63, 3.8) is 0 Å². The number of carbonyl (C=O) groups is 2. The first-order valence-corrected chi connectivity index (χ1v) is 4.85. The fourth-order valence-electron chi connectivity index (χ4n) is 1.26. The van der Waals surface area contributed by atoms with Gasteiger partial charge in [-0.05, 0) is 12.1 Å². The highest BCUT2D eigenvalue weighted by Gasteiger charge is 2.15. The minimum atomic E-state index is -1.20. The van der Waals surface area contributed by atoms with Gasteiger partial charge in [0.1, 0.15) is 5.75 Å². The number of carbonyl (C=O) groups excluding carboxylic acids is 1. The van der Waals surface area contributed by atoms with Crippen LogP contribution in [0.2, 0.25) is 0 Å². The Balaban J connectivity index is 3.40. The van der Waals surface area contributed by atoms with E-state index >= 15 is 0 Å². The summed E-state index contributed by atoms with van der Waals surface area (Å²) in [6, 6.07) is 2.36. The zero-order valence-corrected chi connectivity index (χ0v) is 8.93. The van der Waals surface area contributed by atoms with Gasteiger partial charge in [-0.15, -0.1) is 0 Å². The van der Waals surface area contributed by atoms with E-state index in [9.17, 15) is 14.7 Å². The number of carboxylic acid groups (broad SMARTS) is 1. The number of benzene rings is 1. The molecule has 88 valence electrons. The number of aldehydes is 1. The first kappa shape index (κ1) is 12.7. The van der Waals surface area contributed by atoms with Crippen molar-refractivity contribution in [2.75, 3.05) is 6.54 Å². The molecule has 0 spiro atoms. The summed E-state index contributed by atoms with van der Waals surface area (Å²) in [5, 5.41) is 18.4. The van der Waals surface area contributed by atoms with Crippen molar-refractivity contribution >= 4 is 12.3 Å². The second-order valence-corrected chi connectivity index (χ2v) is 3.18. The highest BCUT2D eigenvalue weighted by molar-refractivity contribution is 5.96. The van der Waals surface area contributed by atoms with E-state index in [0.717, 1.165) is 6.07 Å². The van der Waals surface area contributed by atoms with E-state index in [2.05, 4.69) is 11.8 Å². The minimum absolute atomic E-state index is 0.0148. The molecule has 1 aromatic rings. The number of phenols is 1. The third-order valence-electron chi connectivity index (χ3n) is 2.05. The Hall–Kier alpha value is -2.32. The molecule has 0 amide bonds. The fraction of sp³-hybridized carbons (Fsp3) is 0.167. The van der Waals surface area contributed by atoms with Crippen LogP contribution in [0, 0.1) is 11.8 Å². The summed E-state index contributed by atoms with van der Waals surface area (Å²) in [7, 11) is 0. The normalized spacial score (nSPS) is 9.24. The number of carboxylic acids is 1. The molecule has 1 rings (SSSR count). The molecule has 5 nitrogen and oxygen atoms in total. The summed E-state index contributed by atoms with van der Waals surface area (Å²) < 4.78 is 0. The van der Waals surface area contributed by atoms with Crippen molar-refractivity contribution in [1.82, 2.24) is 0 Å². The lowest BCUT2D eigenvalue weighted by Gasteiger charge is -2.04. The van der Waals surface area contributed by atoms with E-state index < -0.39 is 5.97 Å². The number of phenolic OH excluding ortho intramolecular Hbond substituents is 1. The molecule has 0 saturated carbocycles. The quantitative estimate of drug-likeness (QED) is 0.524. The molecular weight excluding hydrogens is 222 g/mol. The molecule has 0 atom stereocenters. The molecule has 0 radical (unpaired) electrons. The topological polar surface area (TPSA) is 101 Å². The molecule has 0 aliphatic rings. The minimum Gasteiger partial charge on any atom is -0.507 e. The predicted octanol–water partition coefficient (Wildman–Crippen LogP) is 0.603. The molecule has 5 heteroatoms. The van der Waals surface area contributed by atoms with E-state index in [0.29, 0.717) is 19.3 Å². The van der Waals surface area contributed by atoms with Crippen LogP contribution < -0.4 is 5.73 Å².